The van der Waals surface area contributed by atoms with Crippen molar-refractivity contribution >= 4 is 28.3 Å². The highest BCUT2D eigenvalue weighted by molar-refractivity contribution is 6.33. The number of halogens is 1. The summed E-state index contributed by atoms with van der Waals surface area (Å²) >= 11 is 6.12. The van der Waals surface area contributed by atoms with Crippen LogP contribution in [0, 0.1) is 0 Å². The smallest absolute Gasteiger partial charge is 0.193 e. The zero-order valence-corrected chi connectivity index (χ0v) is 10.6. The predicted octanol–water partition coefficient (Wildman–Crippen LogP) is 3.70. The van der Waals surface area contributed by atoms with Gasteiger partial charge in [-0.05, 0) is 30.3 Å². The molecule has 0 atom stereocenters. The molecule has 0 aliphatic carbocycles. The molecule has 19 heavy (non-hydrogen) atoms. The van der Waals surface area contributed by atoms with E-state index in [0.29, 0.717) is 33.0 Å². The van der Waals surface area contributed by atoms with Gasteiger partial charge in [-0.3, -0.25) is 4.79 Å². The fourth-order valence-electron chi connectivity index (χ4n) is 1.97. The van der Waals surface area contributed by atoms with Crippen LogP contribution in [0.5, 0.6) is 0 Å². The van der Waals surface area contributed by atoms with Crippen molar-refractivity contribution in [2.75, 3.05) is 5.73 Å². The molecule has 2 N–H and O–H groups in total. The second kappa shape index (κ2) is 4.44. The molecule has 0 amide bonds. The van der Waals surface area contributed by atoms with E-state index < -0.39 is 0 Å². The van der Waals surface area contributed by atoms with Crippen LogP contribution in [0.1, 0.15) is 0 Å². The second-order valence-corrected chi connectivity index (χ2v) is 4.62. The largest absolute Gasteiger partial charge is 0.456 e. The summed E-state index contributed by atoms with van der Waals surface area (Å²) in [6.07, 6.45) is 0. The summed E-state index contributed by atoms with van der Waals surface area (Å²) in [5.74, 6) is 0.418. The number of nitrogens with two attached hydrogens (primary N) is 1. The van der Waals surface area contributed by atoms with Crippen LogP contribution in [-0.2, 0) is 0 Å². The molecule has 0 bridgehead atoms. The lowest BCUT2D eigenvalue weighted by molar-refractivity contribution is 0.619. The van der Waals surface area contributed by atoms with Crippen LogP contribution in [0.2, 0.25) is 5.02 Å². The van der Waals surface area contributed by atoms with Crippen molar-refractivity contribution < 1.29 is 4.42 Å². The average molecular weight is 272 g/mol. The maximum absolute atomic E-state index is 12.0. The van der Waals surface area contributed by atoms with Gasteiger partial charge in [-0.25, -0.2) is 0 Å². The first-order valence-electron chi connectivity index (χ1n) is 5.73. The summed E-state index contributed by atoms with van der Waals surface area (Å²) in [5, 5.41) is 1.04. The van der Waals surface area contributed by atoms with E-state index in [-0.39, 0.29) is 5.43 Å². The first-order valence-corrected chi connectivity index (χ1v) is 6.11. The molecule has 1 aromatic heterocycles. The SMILES string of the molecule is Nc1ccc(Cl)c(-c2cc(=O)c3ccccc3o2)c1. The van der Waals surface area contributed by atoms with Crippen LogP contribution >= 0.6 is 11.6 Å². The lowest BCUT2D eigenvalue weighted by atomic mass is 10.1. The molecule has 0 unspecified atom stereocenters. The number of anilines is 1. The van der Waals surface area contributed by atoms with Crippen LogP contribution in [-0.4, -0.2) is 0 Å². The third-order valence-corrected chi connectivity index (χ3v) is 3.22. The van der Waals surface area contributed by atoms with Gasteiger partial charge < -0.3 is 10.2 Å². The van der Waals surface area contributed by atoms with Gasteiger partial charge in [0.1, 0.15) is 11.3 Å². The summed E-state index contributed by atoms with van der Waals surface area (Å²) in [4.78, 5) is 12.0. The first kappa shape index (κ1) is 11.8. The number of nitrogen functional groups attached to an aromatic ring is 1. The highest BCUT2D eigenvalue weighted by atomic mass is 35.5. The van der Waals surface area contributed by atoms with Gasteiger partial charge >= 0.3 is 0 Å². The van der Waals surface area contributed by atoms with Crippen molar-refractivity contribution in [2.45, 2.75) is 0 Å². The van der Waals surface area contributed by atoms with Crippen molar-refractivity contribution in [3.05, 3.63) is 63.8 Å². The molecule has 1 heterocycles. The highest BCUT2D eigenvalue weighted by Crippen LogP contribution is 2.30. The number of para-hydroxylation sites is 1. The number of hydrogen-bond acceptors (Lipinski definition) is 3. The zero-order valence-electron chi connectivity index (χ0n) is 9.89. The minimum absolute atomic E-state index is 0.102. The van der Waals surface area contributed by atoms with E-state index >= 15 is 0 Å². The highest BCUT2D eigenvalue weighted by Gasteiger charge is 2.10. The lowest BCUT2D eigenvalue weighted by Crippen LogP contribution is -2.00. The molecule has 3 nitrogen and oxygen atoms in total. The monoisotopic (exact) mass is 271 g/mol. The molecule has 0 aliphatic rings. The molecule has 94 valence electrons. The van der Waals surface area contributed by atoms with E-state index in [1.165, 1.54) is 6.07 Å². The molecule has 2 aromatic carbocycles. The van der Waals surface area contributed by atoms with E-state index in [2.05, 4.69) is 0 Å². The van der Waals surface area contributed by atoms with E-state index in [4.69, 9.17) is 21.8 Å². The third kappa shape index (κ3) is 2.09. The van der Waals surface area contributed by atoms with Crippen molar-refractivity contribution in [3.63, 3.8) is 0 Å². The normalized spacial score (nSPS) is 10.8. The van der Waals surface area contributed by atoms with Crippen LogP contribution in [0.15, 0.2) is 57.7 Å². The molecular formula is C15H10ClNO2. The third-order valence-electron chi connectivity index (χ3n) is 2.89. The summed E-state index contributed by atoms with van der Waals surface area (Å²) in [5.41, 5.74) is 7.35. The van der Waals surface area contributed by atoms with Gasteiger partial charge in [0.05, 0.1) is 10.4 Å². The van der Waals surface area contributed by atoms with Gasteiger partial charge in [0.2, 0.25) is 0 Å². The second-order valence-electron chi connectivity index (χ2n) is 4.21. The van der Waals surface area contributed by atoms with Gasteiger partial charge in [0.25, 0.3) is 0 Å². The van der Waals surface area contributed by atoms with Crippen molar-refractivity contribution in [1.82, 2.24) is 0 Å². The Morgan fingerprint density at radius 1 is 1.05 bits per heavy atom. The van der Waals surface area contributed by atoms with E-state index in [9.17, 15) is 4.79 Å². The van der Waals surface area contributed by atoms with Gasteiger partial charge in [0.15, 0.2) is 5.43 Å². The Hall–Kier alpha value is -2.26. The van der Waals surface area contributed by atoms with Crippen LogP contribution in [0.3, 0.4) is 0 Å². The molecule has 3 aromatic rings. The fraction of sp³-hybridized carbons (Fsp3) is 0. The summed E-state index contributed by atoms with van der Waals surface area (Å²) in [6, 6.07) is 13.6. The molecule has 0 saturated heterocycles. The van der Waals surface area contributed by atoms with Gasteiger partial charge in [-0.2, -0.15) is 0 Å². The molecule has 0 saturated carbocycles. The quantitative estimate of drug-likeness (QED) is 0.687. The summed E-state index contributed by atoms with van der Waals surface area (Å²) < 4.78 is 5.72. The number of rotatable bonds is 1. The predicted molar refractivity (Wildman–Crippen MR) is 77.3 cm³/mol. The van der Waals surface area contributed by atoms with E-state index in [1.807, 2.05) is 6.07 Å². The van der Waals surface area contributed by atoms with Crippen LogP contribution in [0.4, 0.5) is 5.69 Å². The molecule has 0 spiro atoms. The Balaban J connectivity index is 2.31. The Labute approximate surface area is 114 Å². The molecule has 0 fully saturated rings. The lowest BCUT2D eigenvalue weighted by Gasteiger charge is -2.06. The van der Waals surface area contributed by atoms with Crippen molar-refractivity contribution in [1.29, 1.82) is 0 Å². The Morgan fingerprint density at radius 2 is 1.84 bits per heavy atom. The van der Waals surface area contributed by atoms with Crippen molar-refractivity contribution in [2.24, 2.45) is 0 Å². The Morgan fingerprint density at radius 3 is 2.68 bits per heavy atom. The van der Waals surface area contributed by atoms with Gasteiger partial charge in [-0.15, -0.1) is 0 Å². The average Bonchev–Trinajstić information content (AvgIpc) is 2.41. The minimum atomic E-state index is -0.102. The maximum atomic E-state index is 12.0. The van der Waals surface area contributed by atoms with Crippen LogP contribution < -0.4 is 11.2 Å². The summed E-state index contributed by atoms with van der Waals surface area (Å²) in [7, 11) is 0. The first-order chi connectivity index (χ1) is 9.15. The zero-order chi connectivity index (χ0) is 13.4. The number of fused-ring (bicyclic) bond motifs is 1. The summed E-state index contributed by atoms with van der Waals surface area (Å²) in [6.45, 7) is 0. The van der Waals surface area contributed by atoms with Crippen molar-refractivity contribution in [3.8, 4) is 11.3 Å². The molecule has 0 aliphatic heterocycles. The Kier molecular flexibility index (Phi) is 2.76. The molecular weight excluding hydrogens is 262 g/mol. The van der Waals surface area contributed by atoms with E-state index in [1.54, 1.807) is 36.4 Å². The maximum Gasteiger partial charge on any atom is 0.193 e. The molecule has 4 heteroatoms. The topological polar surface area (TPSA) is 56.2 Å². The van der Waals surface area contributed by atoms with Gasteiger partial charge in [-0.1, -0.05) is 23.7 Å². The molecule has 0 radical (unpaired) electrons. The Bertz CT molecular complexity index is 824. The molecule has 3 rings (SSSR count). The van der Waals surface area contributed by atoms with E-state index in [0.717, 1.165) is 0 Å². The number of hydrogen-bond donors (Lipinski definition) is 1. The van der Waals surface area contributed by atoms with Crippen LogP contribution in [0.25, 0.3) is 22.3 Å². The van der Waals surface area contributed by atoms with Gasteiger partial charge in [0, 0.05) is 17.3 Å². The fourth-order valence-corrected chi connectivity index (χ4v) is 2.18. The number of benzene rings is 2. The standard InChI is InChI=1S/C15H10ClNO2/c16-12-6-5-9(17)7-11(12)15-8-13(18)10-3-1-2-4-14(10)19-15/h1-8H,17H2. The minimum Gasteiger partial charge on any atom is -0.456 e.